The van der Waals surface area contributed by atoms with Gasteiger partial charge in [0.2, 0.25) is 5.91 Å². The Labute approximate surface area is 145 Å². The largest absolute Gasteiger partial charge is 0.387 e. The van der Waals surface area contributed by atoms with Gasteiger partial charge in [0, 0.05) is 6.54 Å². The van der Waals surface area contributed by atoms with E-state index in [0.717, 1.165) is 31.4 Å². The Bertz CT molecular complexity index is 498. The summed E-state index contributed by atoms with van der Waals surface area (Å²) in [6.07, 6.45) is 2.42. The molecule has 2 N–H and O–H groups in total. The molecule has 23 heavy (non-hydrogen) atoms. The van der Waals surface area contributed by atoms with Gasteiger partial charge < -0.3 is 15.3 Å². The number of hydrogen-bond donors (Lipinski definition) is 2. The van der Waals surface area contributed by atoms with Gasteiger partial charge in [-0.05, 0) is 52.1 Å². The molecule has 4 nitrogen and oxygen atoms in total. The van der Waals surface area contributed by atoms with Gasteiger partial charge in [-0.1, -0.05) is 29.8 Å². The average Bonchev–Trinajstić information content (AvgIpc) is 2.53. The predicted molar refractivity (Wildman–Crippen MR) is 95.9 cm³/mol. The maximum absolute atomic E-state index is 12.8. The summed E-state index contributed by atoms with van der Waals surface area (Å²) in [6.45, 7) is 7.81. The van der Waals surface area contributed by atoms with E-state index in [4.69, 9.17) is 0 Å². The molecule has 0 radical (unpaired) electrons. The van der Waals surface area contributed by atoms with E-state index in [2.05, 4.69) is 5.32 Å². The zero-order valence-electron chi connectivity index (χ0n) is 14.3. The van der Waals surface area contributed by atoms with Crippen molar-refractivity contribution in [3.05, 3.63) is 35.4 Å². The summed E-state index contributed by atoms with van der Waals surface area (Å²) in [5.74, 6) is 0.0980. The number of carbonyl (C=O) groups excluding carboxylic acids is 1. The van der Waals surface area contributed by atoms with Crippen LogP contribution in [0.4, 0.5) is 0 Å². The second-order valence-corrected chi connectivity index (χ2v) is 6.49. The predicted octanol–water partition coefficient (Wildman–Crippen LogP) is 2.83. The van der Waals surface area contributed by atoms with Crippen LogP contribution in [0.2, 0.25) is 0 Å². The van der Waals surface area contributed by atoms with Gasteiger partial charge in [-0.3, -0.25) is 4.79 Å². The van der Waals surface area contributed by atoms with Gasteiger partial charge >= 0.3 is 0 Å². The fourth-order valence-corrected chi connectivity index (χ4v) is 3.05. The van der Waals surface area contributed by atoms with Gasteiger partial charge in [0.15, 0.2) is 0 Å². The highest BCUT2D eigenvalue weighted by Gasteiger charge is 2.37. The maximum Gasteiger partial charge on any atom is 0.242 e. The molecular formula is C18H29ClN2O2. The fourth-order valence-electron chi connectivity index (χ4n) is 3.05. The number of benzene rings is 1. The van der Waals surface area contributed by atoms with Crippen LogP contribution in [0, 0.1) is 6.92 Å². The standard InChI is InChI=1S/C18H28N2O2.ClH/c1-4-20(17(22)18(3)11-5-6-12-19-18)13-16(21)15-9-7-14(2)8-10-15;/h7-10,16,19,21H,4-6,11-13H2,1-3H3;1H. The number of amides is 1. The lowest BCUT2D eigenvalue weighted by Crippen LogP contribution is -2.58. The van der Waals surface area contributed by atoms with Gasteiger partial charge in [0.1, 0.15) is 0 Å². The summed E-state index contributed by atoms with van der Waals surface area (Å²) in [6, 6.07) is 7.83. The van der Waals surface area contributed by atoms with Crippen molar-refractivity contribution in [1.29, 1.82) is 0 Å². The van der Waals surface area contributed by atoms with Crippen molar-refractivity contribution in [2.45, 2.75) is 51.7 Å². The first kappa shape index (κ1) is 19.9. The third-order valence-electron chi connectivity index (χ3n) is 4.62. The van der Waals surface area contributed by atoms with Crippen molar-refractivity contribution >= 4 is 18.3 Å². The van der Waals surface area contributed by atoms with Crippen molar-refractivity contribution in [1.82, 2.24) is 10.2 Å². The minimum absolute atomic E-state index is 0. The molecule has 1 fully saturated rings. The van der Waals surface area contributed by atoms with Crippen LogP contribution in [-0.2, 0) is 4.79 Å². The Morgan fingerprint density at radius 2 is 2.00 bits per heavy atom. The second-order valence-electron chi connectivity index (χ2n) is 6.49. The molecule has 1 aromatic carbocycles. The Morgan fingerprint density at radius 3 is 2.52 bits per heavy atom. The molecule has 1 saturated heterocycles. The van der Waals surface area contributed by atoms with Crippen LogP contribution in [-0.4, -0.2) is 41.1 Å². The lowest BCUT2D eigenvalue weighted by Gasteiger charge is -2.38. The molecule has 2 unspecified atom stereocenters. The van der Waals surface area contributed by atoms with E-state index in [1.807, 2.05) is 45.0 Å². The van der Waals surface area contributed by atoms with Gasteiger partial charge in [-0.2, -0.15) is 0 Å². The molecule has 2 atom stereocenters. The first-order chi connectivity index (χ1) is 10.5. The summed E-state index contributed by atoms with van der Waals surface area (Å²) in [5, 5.41) is 13.8. The monoisotopic (exact) mass is 340 g/mol. The van der Waals surface area contributed by atoms with Gasteiger partial charge in [-0.15, -0.1) is 12.4 Å². The Balaban J connectivity index is 0.00000264. The second kappa shape index (κ2) is 8.67. The number of hydrogen-bond acceptors (Lipinski definition) is 3. The quantitative estimate of drug-likeness (QED) is 0.866. The van der Waals surface area contributed by atoms with Crippen molar-refractivity contribution in [3.8, 4) is 0 Å². The molecule has 1 heterocycles. The third kappa shape index (κ3) is 4.93. The molecule has 130 valence electrons. The number of nitrogens with one attached hydrogen (secondary N) is 1. The maximum atomic E-state index is 12.8. The topological polar surface area (TPSA) is 52.6 Å². The van der Waals surface area contributed by atoms with Gasteiger partial charge in [0.05, 0.1) is 18.2 Å². The van der Waals surface area contributed by atoms with E-state index >= 15 is 0 Å². The molecule has 0 saturated carbocycles. The van der Waals surface area contributed by atoms with E-state index < -0.39 is 11.6 Å². The number of aliphatic hydroxyl groups excluding tert-OH is 1. The van der Waals surface area contributed by atoms with E-state index in [1.54, 1.807) is 4.90 Å². The molecule has 0 aliphatic carbocycles. The molecule has 1 aromatic rings. The number of aryl methyl sites for hydroxylation is 1. The lowest BCUT2D eigenvalue weighted by atomic mass is 9.89. The molecule has 2 rings (SSSR count). The first-order valence-electron chi connectivity index (χ1n) is 8.25. The van der Waals surface area contributed by atoms with E-state index in [0.29, 0.717) is 13.1 Å². The summed E-state index contributed by atoms with van der Waals surface area (Å²) < 4.78 is 0. The SMILES string of the molecule is CCN(CC(O)c1ccc(C)cc1)C(=O)C1(C)CCCCN1.Cl. The minimum Gasteiger partial charge on any atom is -0.387 e. The molecular weight excluding hydrogens is 312 g/mol. The number of rotatable bonds is 5. The van der Waals surface area contributed by atoms with Crippen molar-refractivity contribution < 1.29 is 9.90 Å². The number of piperidine rings is 1. The Kier molecular flexibility index (Phi) is 7.52. The number of halogens is 1. The number of nitrogens with zero attached hydrogens (tertiary/aromatic N) is 1. The highest BCUT2D eigenvalue weighted by Crippen LogP contribution is 2.23. The van der Waals surface area contributed by atoms with Crippen LogP contribution in [0.15, 0.2) is 24.3 Å². The lowest BCUT2D eigenvalue weighted by molar-refractivity contribution is -0.140. The highest BCUT2D eigenvalue weighted by atomic mass is 35.5. The zero-order chi connectivity index (χ0) is 16.2. The number of likely N-dealkylation sites (N-methyl/N-ethyl adjacent to an activating group) is 1. The van der Waals surface area contributed by atoms with Crippen molar-refractivity contribution in [3.63, 3.8) is 0 Å². The fraction of sp³-hybridized carbons (Fsp3) is 0.611. The van der Waals surface area contributed by atoms with Crippen molar-refractivity contribution in [2.24, 2.45) is 0 Å². The summed E-state index contributed by atoms with van der Waals surface area (Å²) in [7, 11) is 0. The van der Waals surface area contributed by atoms with Gasteiger partial charge in [-0.25, -0.2) is 0 Å². The normalized spacial score (nSPS) is 22.1. The van der Waals surface area contributed by atoms with Crippen LogP contribution in [0.5, 0.6) is 0 Å². The van der Waals surface area contributed by atoms with Crippen LogP contribution in [0.3, 0.4) is 0 Å². The average molecular weight is 341 g/mol. The van der Waals surface area contributed by atoms with Gasteiger partial charge in [0.25, 0.3) is 0 Å². The first-order valence-corrected chi connectivity index (χ1v) is 8.25. The Morgan fingerprint density at radius 1 is 1.35 bits per heavy atom. The molecule has 1 aliphatic heterocycles. The zero-order valence-corrected chi connectivity index (χ0v) is 15.2. The third-order valence-corrected chi connectivity index (χ3v) is 4.62. The minimum atomic E-state index is -0.642. The molecule has 0 bridgehead atoms. The smallest absolute Gasteiger partial charge is 0.242 e. The number of carbonyl (C=O) groups is 1. The van der Waals surface area contributed by atoms with Crippen LogP contribution in [0.1, 0.15) is 50.3 Å². The number of aliphatic hydroxyl groups is 1. The molecule has 1 aliphatic rings. The van der Waals surface area contributed by atoms with Crippen LogP contribution >= 0.6 is 12.4 Å². The Hall–Kier alpha value is -1.10. The summed E-state index contributed by atoms with van der Waals surface area (Å²) >= 11 is 0. The summed E-state index contributed by atoms with van der Waals surface area (Å²) in [4.78, 5) is 14.6. The van der Waals surface area contributed by atoms with E-state index in [-0.39, 0.29) is 18.3 Å². The summed E-state index contributed by atoms with van der Waals surface area (Å²) in [5.41, 5.74) is 1.54. The molecule has 1 amide bonds. The highest BCUT2D eigenvalue weighted by molar-refractivity contribution is 5.86. The molecule has 0 aromatic heterocycles. The van der Waals surface area contributed by atoms with Crippen LogP contribution < -0.4 is 5.32 Å². The van der Waals surface area contributed by atoms with E-state index in [1.165, 1.54) is 5.56 Å². The van der Waals surface area contributed by atoms with E-state index in [9.17, 15) is 9.90 Å². The molecule has 0 spiro atoms. The molecule has 5 heteroatoms. The van der Waals surface area contributed by atoms with Crippen LogP contribution in [0.25, 0.3) is 0 Å². The van der Waals surface area contributed by atoms with Crippen molar-refractivity contribution in [2.75, 3.05) is 19.6 Å².